The molecule has 112 valence electrons. The Bertz CT molecular complexity index is 664. The van der Waals surface area contributed by atoms with Gasteiger partial charge in [-0.3, -0.25) is 0 Å². The van der Waals surface area contributed by atoms with Crippen LogP contribution in [0, 0.1) is 0 Å². The Morgan fingerprint density at radius 3 is 2.52 bits per heavy atom. The molecule has 3 nitrogen and oxygen atoms in total. The first kappa shape index (κ1) is 15.3. The largest absolute Gasteiger partial charge is 0.495 e. The molecule has 0 saturated carbocycles. The van der Waals surface area contributed by atoms with Crippen molar-refractivity contribution < 1.29 is 14.2 Å². The fraction of sp³-hybridized carbons (Fsp3) is 0.375. The topological polar surface area (TPSA) is 27.7 Å². The third-order valence-corrected chi connectivity index (χ3v) is 4.94. The second-order valence-electron chi connectivity index (χ2n) is 4.97. The van der Waals surface area contributed by atoms with Crippen LogP contribution in [0.1, 0.15) is 12.5 Å². The van der Waals surface area contributed by atoms with Crippen LogP contribution < -0.4 is 4.74 Å². The highest BCUT2D eigenvalue weighted by atomic mass is 79.9. The minimum Gasteiger partial charge on any atom is -0.495 e. The highest BCUT2D eigenvalue weighted by molar-refractivity contribution is 9.10. The molecule has 0 radical (unpaired) electrons. The Balaban J connectivity index is 2.38. The molecule has 2 aromatic carbocycles. The molecule has 0 aliphatic carbocycles. The number of hydrogen-bond acceptors (Lipinski definition) is 3. The number of ether oxygens (including phenoxy) is 3. The van der Waals surface area contributed by atoms with Crippen molar-refractivity contribution >= 4 is 42.6 Å². The number of fused-ring (bicyclic) bond motifs is 1. The predicted octanol–water partition coefficient (Wildman–Crippen LogP) is 4.59. The lowest BCUT2D eigenvalue weighted by Crippen LogP contribution is -2.36. The van der Waals surface area contributed by atoms with Crippen LogP contribution in [0.2, 0.25) is 0 Å². The van der Waals surface area contributed by atoms with E-state index >= 15 is 0 Å². The Morgan fingerprint density at radius 1 is 1.24 bits per heavy atom. The van der Waals surface area contributed by atoms with E-state index in [2.05, 4.69) is 50.1 Å². The van der Waals surface area contributed by atoms with Crippen LogP contribution in [0.3, 0.4) is 0 Å². The monoisotopic (exact) mass is 414 g/mol. The summed E-state index contributed by atoms with van der Waals surface area (Å²) in [6.07, 6.45) is 0. The summed E-state index contributed by atoms with van der Waals surface area (Å²) in [5.41, 5.74) is 0.928. The third kappa shape index (κ3) is 2.40. The molecule has 3 rings (SSSR count). The van der Waals surface area contributed by atoms with Gasteiger partial charge in [0.05, 0.1) is 35.2 Å². The normalized spacial score (nSPS) is 18.9. The third-order valence-electron chi connectivity index (χ3n) is 3.75. The van der Waals surface area contributed by atoms with Crippen LogP contribution in [0.4, 0.5) is 0 Å². The van der Waals surface area contributed by atoms with Gasteiger partial charge in [0, 0.05) is 0 Å². The number of hydrogen-bond donors (Lipinski definition) is 0. The number of benzene rings is 2. The maximum absolute atomic E-state index is 6.02. The summed E-state index contributed by atoms with van der Waals surface area (Å²) in [4.78, 5) is -0.0147. The zero-order valence-electron chi connectivity index (χ0n) is 11.9. The average molecular weight is 416 g/mol. The van der Waals surface area contributed by atoms with Crippen molar-refractivity contribution in [3.63, 3.8) is 0 Å². The zero-order valence-corrected chi connectivity index (χ0v) is 15.0. The lowest BCUT2D eigenvalue weighted by Gasteiger charge is -2.33. The molecule has 2 aromatic rings. The number of rotatable bonds is 3. The van der Waals surface area contributed by atoms with Crippen molar-refractivity contribution in [1.29, 1.82) is 0 Å². The van der Waals surface area contributed by atoms with Gasteiger partial charge in [-0.05, 0) is 39.7 Å². The minimum absolute atomic E-state index is 0.0147. The van der Waals surface area contributed by atoms with Crippen LogP contribution in [0.15, 0.2) is 34.8 Å². The maximum atomic E-state index is 6.02. The molecule has 0 aromatic heterocycles. The Hall–Kier alpha value is -0.620. The predicted molar refractivity (Wildman–Crippen MR) is 90.2 cm³/mol. The SMILES string of the molecule is COc1c(Br)cc2ccccc2c1C1(C(C)Br)OCCO1. The van der Waals surface area contributed by atoms with Gasteiger partial charge in [0.2, 0.25) is 5.79 Å². The quantitative estimate of drug-likeness (QED) is 0.686. The van der Waals surface area contributed by atoms with E-state index in [4.69, 9.17) is 14.2 Å². The van der Waals surface area contributed by atoms with Gasteiger partial charge in [-0.1, -0.05) is 40.2 Å². The molecule has 1 atom stereocenters. The smallest absolute Gasteiger partial charge is 0.211 e. The van der Waals surface area contributed by atoms with Crippen molar-refractivity contribution in [3.8, 4) is 5.75 Å². The molecule has 0 bridgehead atoms. The molecular formula is C16H16Br2O3. The van der Waals surface area contributed by atoms with Crippen molar-refractivity contribution in [2.24, 2.45) is 0 Å². The molecule has 1 heterocycles. The van der Waals surface area contributed by atoms with Gasteiger partial charge in [0.25, 0.3) is 0 Å². The summed E-state index contributed by atoms with van der Waals surface area (Å²) < 4.78 is 18.6. The first-order chi connectivity index (χ1) is 10.1. The molecule has 0 amide bonds. The van der Waals surface area contributed by atoms with Crippen LogP contribution in [0.25, 0.3) is 10.8 Å². The molecule has 1 fully saturated rings. The van der Waals surface area contributed by atoms with Crippen molar-refractivity contribution in [2.75, 3.05) is 20.3 Å². The Labute approximate surface area is 140 Å². The van der Waals surface area contributed by atoms with E-state index in [1.54, 1.807) is 7.11 Å². The van der Waals surface area contributed by atoms with Crippen LogP contribution >= 0.6 is 31.9 Å². The zero-order chi connectivity index (χ0) is 15.0. The maximum Gasteiger partial charge on any atom is 0.211 e. The summed E-state index contributed by atoms with van der Waals surface area (Å²) in [6.45, 7) is 3.17. The second kappa shape index (κ2) is 5.88. The van der Waals surface area contributed by atoms with Gasteiger partial charge in [-0.25, -0.2) is 0 Å². The molecule has 0 N–H and O–H groups in total. The van der Waals surface area contributed by atoms with E-state index in [1.165, 1.54) is 0 Å². The van der Waals surface area contributed by atoms with E-state index in [0.717, 1.165) is 26.6 Å². The standard InChI is InChI=1S/C16H16Br2O3/c1-10(17)16(20-7-8-21-16)14-12-6-4-3-5-11(12)9-13(18)15(14)19-2/h3-6,9-10H,7-8H2,1-2H3. The Kier molecular flexibility index (Phi) is 4.28. The van der Waals surface area contributed by atoms with Crippen molar-refractivity contribution in [2.45, 2.75) is 17.5 Å². The van der Waals surface area contributed by atoms with E-state index in [1.807, 2.05) is 19.1 Å². The number of halogens is 2. The molecular weight excluding hydrogens is 400 g/mol. The van der Waals surface area contributed by atoms with E-state index in [0.29, 0.717) is 13.2 Å². The number of methoxy groups -OCH3 is 1. The van der Waals surface area contributed by atoms with Crippen LogP contribution in [-0.2, 0) is 15.3 Å². The first-order valence-electron chi connectivity index (χ1n) is 6.78. The van der Waals surface area contributed by atoms with Gasteiger partial charge in [-0.2, -0.15) is 0 Å². The van der Waals surface area contributed by atoms with Gasteiger partial charge >= 0.3 is 0 Å². The van der Waals surface area contributed by atoms with Crippen molar-refractivity contribution in [1.82, 2.24) is 0 Å². The summed E-state index contributed by atoms with van der Waals surface area (Å²) in [7, 11) is 1.67. The summed E-state index contributed by atoms with van der Waals surface area (Å²) in [6, 6.07) is 10.2. The second-order valence-corrected chi connectivity index (χ2v) is 7.20. The fourth-order valence-corrected chi connectivity index (χ4v) is 3.94. The average Bonchev–Trinajstić information content (AvgIpc) is 2.96. The van der Waals surface area contributed by atoms with Gasteiger partial charge in [-0.15, -0.1) is 0 Å². The molecule has 21 heavy (non-hydrogen) atoms. The van der Waals surface area contributed by atoms with E-state index < -0.39 is 5.79 Å². The van der Waals surface area contributed by atoms with Gasteiger partial charge < -0.3 is 14.2 Å². The molecule has 0 spiro atoms. The van der Waals surface area contributed by atoms with Gasteiger partial charge in [0.15, 0.2) is 0 Å². The molecule has 1 saturated heterocycles. The molecule has 5 heteroatoms. The molecule has 1 aliphatic rings. The summed E-state index contributed by atoms with van der Waals surface area (Å²) in [5, 5.41) is 2.19. The fourth-order valence-electron chi connectivity index (χ4n) is 2.84. The molecule has 1 aliphatic heterocycles. The number of alkyl halides is 1. The highest BCUT2D eigenvalue weighted by Gasteiger charge is 2.46. The van der Waals surface area contributed by atoms with Crippen LogP contribution in [0.5, 0.6) is 5.75 Å². The first-order valence-corrected chi connectivity index (χ1v) is 8.48. The van der Waals surface area contributed by atoms with E-state index in [-0.39, 0.29) is 4.83 Å². The van der Waals surface area contributed by atoms with E-state index in [9.17, 15) is 0 Å². The van der Waals surface area contributed by atoms with Gasteiger partial charge in [0.1, 0.15) is 5.75 Å². The summed E-state index contributed by atoms with van der Waals surface area (Å²) in [5.74, 6) is -0.0868. The minimum atomic E-state index is -0.839. The lowest BCUT2D eigenvalue weighted by molar-refractivity contribution is -0.161. The molecule has 1 unspecified atom stereocenters. The summed E-state index contributed by atoms with van der Waals surface area (Å²) >= 11 is 7.25. The van der Waals surface area contributed by atoms with Crippen LogP contribution in [-0.4, -0.2) is 25.2 Å². The highest BCUT2D eigenvalue weighted by Crippen LogP contribution is 2.48. The Morgan fingerprint density at radius 2 is 1.90 bits per heavy atom. The lowest BCUT2D eigenvalue weighted by atomic mass is 9.95. The van der Waals surface area contributed by atoms with Crippen molar-refractivity contribution in [3.05, 3.63) is 40.4 Å².